The molecule has 10 nitrogen and oxygen atoms in total. The van der Waals surface area contributed by atoms with Crippen molar-refractivity contribution >= 4 is 5.91 Å². The minimum absolute atomic E-state index is 0.179. The van der Waals surface area contributed by atoms with Crippen LogP contribution >= 0.6 is 0 Å². The van der Waals surface area contributed by atoms with Crippen LogP contribution in [0.1, 0.15) is 19.0 Å². The molecule has 27 heavy (non-hydrogen) atoms. The highest BCUT2D eigenvalue weighted by molar-refractivity contribution is 5.82. The predicted molar refractivity (Wildman–Crippen MR) is 89.7 cm³/mol. The van der Waals surface area contributed by atoms with Gasteiger partial charge in [-0.2, -0.15) is 0 Å². The fourth-order valence-electron chi connectivity index (χ4n) is 3.19. The number of hydrogen-bond acceptors (Lipinski definition) is 8. The number of amides is 1. The number of hydrogen-bond donors (Lipinski definition) is 3. The summed E-state index contributed by atoms with van der Waals surface area (Å²) >= 11 is 0. The number of halogens is 1. The molecule has 4 atom stereocenters. The normalized spacial score (nSPS) is 28.0. The van der Waals surface area contributed by atoms with E-state index >= 15 is 0 Å². The molecule has 0 spiro atoms. The summed E-state index contributed by atoms with van der Waals surface area (Å²) in [7, 11) is 0. The number of carbonyl (C=O) groups excluding carboxylic acids is 1. The first-order valence-corrected chi connectivity index (χ1v) is 8.73. The summed E-state index contributed by atoms with van der Waals surface area (Å²) < 4.78 is 26.3. The molecule has 0 bridgehead atoms. The number of aromatic nitrogens is 4. The average Bonchev–Trinajstić information content (AvgIpc) is 3.35. The second kappa shape index (κ2) is 7.94. The maximum atomic E-state index is 13.4. The van der Waals surface area contributed by atoms with Crippen molar-refractivity contribution in [2.45, 2.75) is 37.2 Å². The van der Waals surface area contributed by atoms with Gasteiger partial charge >= 0.3 is 0 Å². The number of nitrogens with one attached hydrogen (secondary N) is 3. The molecule has 1 amide bonds. The van der Waals surface area contributed by atoms with Gasteiger partial charge in [-0.15, -0.1) is 5.10 Å². The lowest BCUT2D eigenvalue weighted by atomic mass is 10.1. The Morgan fingerprint density at radius 1 is 1.41 bits per heavy atom. The van der Waals surface area contributed by atoms with Crippen LogP contribution in [-0.2, 0) is 9.53 Å². The molecule has 0 aliphatic carbocycles. The Morgan fingerprint density at radius 2 is 2.33 bits per heavy atom. The summed E-state index contributed by atoms with van der Waals surface area (Å²) in [6.45, 7) is 0.860. The number of rotatable bonds is 5. The van der Waals surface area contributed by atoms with E-state index in [0.29, 0.717) is 31.8 Å². The lowest BCUT2D eigenvalue weighted by Crippen LogP contribution is -2.55. The van der Waals surface area contributed by atoms with E-state index in [2.05, 4.69) is 31.7 Å². The van der Waals surface area contributed by atoms with Gasteiger partial charge in [0, 0.05) is 18.9 Å². The third-order valence-electron chi connectivity index (χ3n) is 4.59. The van der Waals surface area contributed by atoms with Gasteiger partial charge in [0.15, 0.2) is 0 Å². The van der Waals surface area contributed by atoms with E-state index < -0.39 is 6.04 Å². The number of benzene rings is 1. The number of hydrazine groups is 1. The van der Waals surface area contributed by atoms with Crippen molar-refractivity contribution in [3.63, 3.8) is 0 Å². The highest BCUT2D eigenvalue weighted by Crippen LogP contribution is 2.20. The minimum atomic E-state index is -0.448. The second-order valence-electron chi connectivity index (χ2n) is 6.47. The van der Waals surface area contributed by atoms with Crippen LogP contribution in [0.3, 0.4) is 0 Å². The van der Waals surface area contributed by atoms with E-state index in [0.717, 1.165) is 0 Å². The van der Waals surface area contributed by atoms with Gasteiger partial charge in [0.25, 0.3) is 0 Å². The van der Waals surface area contributed by atoms with Crippen molar-refractivity contribution in [1.82, 2.24) is 36.4 Å². The van der Waals surface area contributed by atoms with Crippen molar-refractivity contribution < 1.29 is 18.7 Å². The van der Waals surface area contributed by atoms with Crippen molar-refractivity contribution in [1.29, 1.82) is 0 Å². The standard InChI is InChI=1S/C16H20FN7O3/c17-10-2-1-3-11(6-10)27-14-4-5-26-8-13(14)19-16(25)12-7-15(21-20-12)24-9-18-22-23-24/h1-3,6,9,12-15,20-21H,4-5,7-8H2,(H,19,25)/t12?,13-,14+,15?/m1/s1. The van der Waals surface area contributed by atoms with E-state index in [9.17, 15) is 9.18 Å². The molecule has 11 heteroatoms. The summed E-state index contributed by atoms with van der Waals surface area (Å²) in [6, 6.07) is 5.18. The van der Waals surface area contributed by atoms with Gasteiger partial charge in [0.1, 0.15) is 36.2 Å². The number of ether oxygens (including phenoxy) is 2. The summed E-state index contributed by atoms with van der Waals surface area (Å²) in [5.74, 6) is -0.114. The van der Waals surface area contributed by atoms with Gasteiger partial charge < -0.3 is 14.8 Å². The lowest BCUT2D eigenvalue weighted by Gasteiger charge is -2.33. The van der Waals surface area contributed by atoms with Crippen LogP contribution in [0.4, 0.5) is 4.39 Å². The maximum Gasteiger partial charge on any atom is 0.239 e. The van der Waals surface area contributed by atoms with Crippen LogP contribution in [0.25, 0.3) is 0 Å². The molecule has 1 aromatic heterocycles. The predicted octanol–water partition coefficient (Wildman–Crippen LogP) is -0.470. The Balaban J connectivity index is 1.36. The van der Waals surface area contributed by atoms with Crippen LogP contribution in [0.2, 0.25) is 0 Å². The van der Waals surface area contributed by atoms with Crippen molar-refractivity contribution in [2.24, 2.45) is 0 Å². The average molecular weight is 377 g/mol. The van der Waals surface area contributed by atoms with E-state index in [1.165, 1.54) is 18.5 Å². The highest BCUT2D eigenvalue weighted by atomic mass is 19.1. The Morgan fingerprint density at radius 3 is 3.15 bits per heavy atom. The van der Waals surface area contributed by atoms with Crippen LogP contribution in [0.15, 0.2) is 30.6 Å². The fourth-order valence-corrected chi connectivity index (χ4v) is 3.19. The summed E-state index contributed by atoms with van der Waals surface area (Å²) in [6.07, 6.45) is 2.06. The summed E-state index contributed by atoms with van der Waals surface area (Å²) in [5, 5.41) is 14.0. The fraction of sp³-hybridized carbons (Fsp3) is 0.500. The van der Waals surface area contributed by atoms with E-state index in [4.69, 9.17) is 9.47 Å². The largest absolute Gasteiger partial charge is 0.488 e. The SMILES string of the molecule is O=C(N[C@@H]1COCC[C@@H]1Oc1cccc(F)c1)C1CC(n2cnnn2)NN1. The minimum Gasteiger partial charge on any atom is -0.488 e. The molecule has 2 saturated heterocycles. The molecule has 0 saturated carbocycles. The number of tetrazole rings is 1. The lowest BCUT2D eigenvalue weighted by molar-refractivity contribution is -0.126. The van der Waals surface area contributed by atoms with Crippen molar-refractivity contribution in [3.05, 3.63) is 36.4 Å². The molecule has 2 aliphatic rings. The summed E-state index contributed by atoms with van der Waals surface area (Å²) in [5.41, 5.74) is 5.94. The third-order valence-corrected chi connectivity index (χ3v) is 4.59. The number of carbonyl (C=O) groups is 1. The van der Waals surface area contributed by atoms with Crippen molar-refractivity contribution in [3.8, 4) is 5.75 Å². The monoisotopic (exact) mass is 377 g/mol. The Bertz CT molecular complexity index is 775. The van der Waals surface area contributed by atoms with Crippen LogP contribution < -0.4 is 20.9 Å². The van der Waals surface area contributed by atoms with E-state index in [1.54, 1.807) is 16.8 Å². The van der Waals surface area contributed by atoms with Gasteiger partial charge in [-0.1, -0.05) is 6.07 Å². The highest BCUT2D eigenvalue weighted by Gasteiger charge is 2.35. The zero-order chi connectivity index (χ0) is 18.6. The molecule has 2 aromatic rings. The van der Waals surface area contributed by atoms with Gasteiger partial charge in [-0.3, -0.25) is 4.79 Å². The van der Waals surface area contributed by atoms with E-state index in [1.807, 2.05) is 0 Å². The zero-order valence-corrected chi connectivity index (χ0v) is 14.4. The quantitative estimate of drug-likeness (QED) is 0.641. The van der Waals surface area contributed by atoms with Crippen LogP contribution in [0, 0.1) is 5.82 Å². The van der Waals surface area contributed by atoms with Gasteiger partial charge in [-0.25, -0.2) is 19.9 Å². The molecule has 3 heterocycles. The molecule has 3 N–H and O–H groups in total. The number of nitrogens with zero attached hydrogens (tertiary/aromatic N) is 4. The Hall–Kier alpha value is -2.63. The topological polar surface area (TPSA) is 115 Å². The van der Waals surface area contributed by atoms with Gasteiger partial charge in [0.2, 0.25) is 5.91 Å². The summed E-state index contributed by atoms with van der Waals surface area (Å²) in [4.78, 5) is 12.6. The first kappa shape index (κ1) is 17.8. The molecular formula is C16H20FN7O3. The molecule has 0 radical (unpaired) electrons. The van der Waals surface area contributed by atoms with E-state index in [-0.39, 0.29) is 30.0 Å². The van der Waals surface area contributed by atoms with Crippen molar-refractivity contribution in [2.75, 3.05) is 13.2 Å². The van der Waals surface area contributed by atoms with Crippen LogP contribution in [0.5, 0.6) is 5.75 Å². The molecular weight excluding hydrogens is 357 g/mol. The molecule has 1 aromatic carbocycles. The molecule has 2 fully saturated rings. The Labute approximate surface area is 154 Å². The first-order chi connectivity index (χ1) is 13.2. The molecule has 4 rings (SSSR count). The Kier molecular flexibility index (Phi) is 5.23. The van der Waals surface area contributed by atoms with Gasteiger partial charge in [0.05, 0.1) is 19.3 Å². The maximum absolute atomic E-state index is 13.4. The van der Waals surface area contributed by atoms with Gasteiger partial charge in [-0.05, 0) is 22.6 Å². The third kappa shape index (κ3) is 4.21. The van der Waals surface area contributed by atoms with Crippen LogP contribution in [-0.4, -0.2) is 57.5 Å². The molecule has 2 unspecified atom stereocenters. The zero-order valence-electron chi connectivity index (χ0n) is 14.4. The molecule has 2 aliphatic heterocycles. The molecule has 144 valence electrons. The second-order valence-corrected chi connectivity index (χ2v) is 6.47. The first-order valence-electron chi connectivity index (χ1n) is 8.73. The smallest absolute Gasteiger partial charge is 0.239 e.